The van der Waals surface area contributed by atoms with Crippen LogP contribution in [0.2, 0.25) is 10.0 Å². The lowest BCUT2D eigenvalue weighted by Crippen LogP contribution is -2.44. The van der Waals surface area contributed by atoms with E-state index in [0.717, 1.165) is 42.5 Å². The van der Waals surface area contributed by atoms with Crippen molar-refractivity contribution < 1.29 is 4.79 Å². The van der Waals surface area contributed by atoms with Gasteiger partial charge in [-0.05, 0) is 71.0 Å². The Hall–Kier alpha value is -2.34. The highest BCUT2D eigenvalue weighted by atomic mass is 35.5. The van der Waals surface area contributed by atoms with Gasteiger partial charge in [-0.15, -0.1) is 0 Å². The number of halogens is 2. The van der Waals surface area contributed by atoms with Crippen molar-refractivity contribution in [1.29, 1.82) is 0 Å². The molecule has 0 aliphatic heterocycles. The summed E-state index contributed by atoms with van der Waals surface area (Å²) in [5.74, 6) is -0.153. The summed E-state index contributed by atoms with van der Waals surface area (Å²) in [5.41, 5.74) is 3.64. The molecule has 3 aromatic rings. The predicted octanol–water partition coefficient (Wildman–Crippen LogP) is 5.56. The molecule has 32 heavy (non-hydrogen) atoms. The van der Waals surface area contributed by atoms with E-state index in [1.165, 1.54) is 0 Å². The van der Waals surface area contributed by atoms with Crippen molar-refractivity contribution in [3.63, 3.8) is 0 Å². The number of hydrogen-bond donors (Lipinski definition) is 1. The van der Waals surface area contributed by atoms with Crippen molar-refractivity contribution in [2.24, 2.45) is 0 Å². The van der Waals surface area contributed by atoms with Gasteiger partial charge in [0.2, 0.25) is 0 Å². The fourth-order valence-corrected chi connectivity index (χ4v) is 4.93. The molecule has 1 N–H and O–H groups in total. The molecular formula is C25H27Cl2N4O. The molecule has 167 valence electrons. The van der Waals surface area contributed by atoms with E-state index in [4.69, 9.17) is 28.3 Å². The summed E-state index contributed by atoms with van der Waals surface area (Å²) in [7, 11) is 4.19. The Morgan fingerprint density at radius 1 is 1.19 bits per heavy atom. The van der Waals surface area contributed by atoms with Gasteiger partial charge in [0.25, 0.3) is 5.91 Å². The van der Waals surface area contributed by atoms with Crippen molar-refractivity contribution in [3.8, 4) is 16.9 Å². The number of nitrogens with one attached hydrogen (secondary N) is 1. The van der Waals surface area contributed by atoms with Crippen LogP contribution < -0.4 is 5.32 Å². The van der Waals surface area contributed by atoms with E-state index < -0.39 is 0 Å². The highest BCUT2D eigenvalue weighted by molar-refractivity contribution is 6.35. The molecule has 1 saturated carbocycles. The van der Waals surface area contributed by atoms with E-state index in [9.17, 15) is 4.79 Å². The lowest BCUT2D eigenvalue weighted by molar-refractivity contribution is 0.0905. The molecule has 0 unspecified atom stereocenters. The second kappa shape index (κ2) is 9.65. The number of rotatable bonds is 5. The van der Waals surface area contributed by atoms with Crippen LogP contribution in [-0.4, -0.2) is 46.8 Å². The molecule has 1 amide bonds. The molecule has 1 aromatic heterocycles. The number of amides is 1. The number of benzene rings is 2. The van der Waals surface area contributed by atoms with Crippen molar-refractivity contribution in [1.82, 2.24) is 20.0 Å². The third-order valence-electron chi connectivity index (χ3n) is 6.18. The number of carbonyl (C=O) groups excluding carboxylic acids is 1. The van der Waals surface area contributed by atoms with Crippen LogP contribution in [0.15, 0.2) is 42.5 Å². The lowest BCUT2D eigenvalue weighted by Gasteiger charge is -2.33. The standard InChI is InChI=1S/C25H27Cl2N4O/c1-16-23(25(32)28-19-10-7-11-20(15-19)30(2)3)29-31(22-13-12-18(26)14-21(22)27)24(16)17-8-5-4-6-9-17/h5-6,8-9,12-14,19-20H,7,10-11,15H2,1-3H3,(H,28,32)/t19-,20+/m0/s1. The van der Waals surface area contributed by atoms with Crippen molar-refractivity contribution >= 4 is 29.1 Å². The SMILES string of the molecule is Cc1c(C(=O)N[C@H]2CCC[C@@H](N(C)C)C2)nn(-c2ccc(Cl)cc2Cl)c1-c1cc[c]cc1. The first-order chi connectivity index (χ1) is 15.3. The van der Waals surface area contributed by atoms with Crippen molar-refractivity contribution in [2.45, 2.75) is 44.7 Å². The summed E-state index contributed by atoms with van der Waals surface area (Å²) in [6.07, 6.45) is 4.20. The van der Waals surface area contributed by atoms with Gasteiger partial charge in [-0.2, -0.15) is 5.10 Å². The number of nitrogens with zero attached hydrogens (tertiary/aromatic N) is 3. The zero-order chi connectivity index (χ0) is 22.8. The van der Waals surface area contributed by atoms with Gasteiger partial charge in [0, 0.05) is 28.2 Å². The summed E-state index contributed by atoms with van der Waals surface area (Å²) >= 11 is 12.6. The Labute approximate surface area is 199 Å². The van der Waals surface area contributed by atoms with Crippen LogP contribution in [0, 0.1) is 13.0 Å². The second-order valence-corrected chi connectivity index (χ2v) is 9.42. The van der Waals surface area contributed by atoms with Crippen molar-refractivity contribution in [3.05, 3.63) is 69.8 Å². The minimum atomic E-state index is -0.153. The lowest BCUT2D eigenvalue weighted by atomic mass is 9.90. The van der Waals surface area contributed by atoms with Crippen LogP contribution in [0.1, 0.15) is 41.7 Å². The van der Waals surface area contributed by atoms with Gasteiger partial charge in [-0.1, -0.05) is 47.5 Å². The maximum Gasteiger partial charge on any atom is 0.272 e. The summed E-state index contributed by atoms with van der Waals surface area (Å²) in [6, 6.07) is 16.5. The predicted molar refractivity (Wildman–Crippen MR) is 130 cm³/mol. The van der Waals surface area contributed by atoms with Crippen molar-refractivity contribution in [2.75, 3.05) is 14.1 Å². The third kappa shape index (κ3) is 4.70. The van der Waals surface area contributed by atoms with Gasteiger partial charge in [0.15, 0.2) is 5.69 Å². The molecule has 0 bridgehead atoms. The Morgan fingerprint density at radius 2 is 1.94 bits per heavy atom. The number of aromatic nitrogens is 2. The molecule has 0 spiro atoms. The molecule has 7 heteroatoms. The quantitative estimate of drug-likeness (QED) is 0.532. The molecule has 1 fully saturated rings. The molecule has 2 aromatic carbocycles. The highest BCUT2D eigenvalue weighted by Gasteiger charge is 2.28. The second-order valence-electron chi connectivity index (χ2n) is 8.57. The number of carbonyl (C=O) groups is 1. The normalized spacial score (nSPS) is 18.7. The maximum atomic E-state index is 13.3. The van der Waals surface area contributed by atoms with E-state index in [1.807, 2.05) is 37.3 Å². The first-order valence-electron chi connectivity index (χ1n) is 10.8. The molecule has 0 saturated heterocycles. The van der Waals surface area contributed by atoms with Crippen LogP contribution in [0.25, 0.3) is 16.9 Å². The van der Waals surface area contributed by atoms with Crippen LogP contribution in [0.5, 0.6) is 0 Å². The smallest absolute Gasteiger partial charge is 0.272 e. The molecule has 4 rings (SSSR count). The van der Waals surface area contributed by atoms with Gasteiger partial charge in [-0.25, -0.2) is 4.68 Å². The monoisotopic (exact) mass is 469 g/mol. The fourth-order valence-electron chi connectivity index (χ4n) is 4.44. The summed E-state index contributed by atoms with van der Waals surface area (Å²) in [6.45, 7) is 1.93. The molecule has 5 nitrogen and oxygen atoms in total. The molecule has 1 aliphatic carbocycles. The molecule has 1 radical (unpaired) electrons. The molecular weight excluding hydrogens is 443 g/mol. The summed E-state index contributed by atoms with van der Waals surface area (Å²) < 4.78 is 1.74. The van der Waals surface area contributed by atoms with E-state index >= 15 is 0 Å². The van der Waals surface area contributed by atoms with E-state index in [-0.39, 0.29) is 11.9 Å². The number of hydrogen-bond acceptors (Lipinski definition) is 3. The van der Waals surface area contributed by atoms with Gasteiger partial charge >= 0.3 is 0 Å². The average Bonchev–Trinajstić information content (AvgIpc) is 3.11. The molecule has 2 atom stereocenters. The van der Waals surface area contributed by atoms with Gasteiger partial charge in [-0.3, -0.25) is 4.79 Å². The summed E-state index contributed by atoms with van der Waals surface area (Å²) in [5, 5.41) is 8.96. The maximum absolute atomic E-state index is 13.3. The molecule has 1 heterocycles. The topological polar surface area (TPSA) is 50.2 Å². The van der Waals surface area contributed by atoms with E-state index in [2.05, 4.69) is 30.4 Å². The van der Waals surface area contributed by atoms with Gasteiger partial charge < -0.3 is 10.2 Å². The highest BCUT2D eigenvalue weighted by Crippen LogP contribution is 2.33. The van der Waals surface area contributed by atoms with Gasteiger partial charge in [0.05, 0.1) is 16.4 Å². The van der Waals surface area contributed by atoms with Gasteiger partial charge in [0.1, 0.15) is 0 Å². The van der Waals surface area contributed by atoms with Crippen LogP contribution in [0.3, 0.4) is 0 Å². The Bertz CT molecular complexity index is 1110. The zero-order valence-electron chi connectivity index (χ0n) is 18.5. The van der Waals surface area contributed by atoms with E-state index in [1.54, 1.807) is 16.8 Å². The first-order valence-corrected chi connectivity index (χ1v) is 11.6. The van der Waals surface area contributed by atoms with Crippen LogP contribution in [-0.2, 0) is 0 Å². The summed E-state index contributed by atoms with van der Waals surface area (Å²) in [4.78, 5) is 15.6. The first kappa shape index (κ1) is 22.8. The zero-order valence-corrected chi connectivity index (χ0v) is 20.0. The van der Waals surface area contributed by atoms with Crippen LogP contribution >= 0.6 is 23.2 Å². The minimum Gasteiger partial charge on any atom is -0.348 e. The Kier molecular flexibility index (Phi) is 6.89. The third-order valence-corrected chi connectivity index (χ3v) is 6.72. The van der Waals surface area contributed by atoms with E-state index in [0.29, 0.717) is 27.5 Å². The fraction of sp³-hybridized carbons (Fsp3) is 0.360. The Balaban J connectivity index is 1.72. The average molecular weight is 470 g/mol. The Morgan fingerprint density at radius 3 is 2.62 bits per heavy atom. The largest absolute Gasteiger partial charge is 0.348 e. The van der Waals surface area contributed by atoms with Crippen LogP contribution in [0.4, 0.5) is 0 Å². The molecule has 1 aliphatic rings. The minimum absolute atomic E-state index is 0.141.